The van der Waals surface area contributed by atoms with Gasteiger partial charge in [-0.05, 0) is 71.3 Å². The van der Waals surface area contributed by atoms with Crippen LogP contribution in [0.3, 0.4) is 0 Å². The summed E-state index contributed by atoms with van der Waals surface area (Å²) in [5, 5.41) is 14.6. The van der Waals surface area contributed by atoms with Crippen molar-refractivity contribution in [1.82, 2.24) is 15.2 Å². The molecule has 11 aromatic rings. The molecule has 4 heterocycles. The van der Waals surface area contributed by atoms with Gasteiger partial charge in [-0.3, -0.25) is 5.32 Å². The van der Waals surface area contributed by atoms with E-state index in [2.05, 4.69) is 185 Å². The Kier molecular flexibility index (Phi) is 7.24. The van der Waals surface area contributed by atoms with Gasteiger partial charge < -0.3 is 14.3 Å². The smallest absolute Gasteiger partial charge is 0.143 e. The van der Waals surface area contributed by atoms with E-state index in [1.54, 1.807) is 0 Å². The van der Waals surface area contributed by atoms with E-state index in [0.29, 0.717) is 0 Å². The Morgan fingerprint density at radius 1 is 0.509 bits per heavy atom. The lowest BCUT2D eigenvalue weighted by Crippen LogP contribution is -2.44. The highest BCUT2D eigenvalue weighted by molar-refractivity contribution is 7.25. The summed E-state index contributed by atoms with van der Waals surface area (Å²) < 4.78 is 11.6. The van der Waals surface area contributed by atoms with Crippen LogP contribution >= 0.6 is 11.3 Å². The minimum atomic E-state index is -0.195. The molecule has 0 radical (unpaired) electrons. The molecule has 0 aliphatic carbocycles. The summed E-state index contributed by atoms with van der Waals surface area (Å²) in [6.07, 6.45) is -0.296. The predicted octanol–water partition coefficient (Wildman–Crippen LogP) is 13.1. The van der Waals surface area contributed by atoms with Crippen LogP contribution in [0.5, 0.6) is 0 Å². The third-order valence-electron chi connectivity index (χ3n) is 11.5. The summed E-state index contributed by atoms with van der Waals surface area (Å²) >= 11 is 1.85. The van der Waals surface area contributed by atoms with Gasteiger partial charge in [0, 0.05) is 58.5 Å². The number of aromatic nitrogens is 1. The van der Waals surface area contributed by atoms with Gasteiger partial charge in [0.2, 0.25) is 0 Å². The van der Waals surface area contributed by atoms with Gasteiger partial charge in [0.1, 0.15) is 29.3 Å². The van der Waals surface area contributed by atoms with Gasteiger partial charge in [0.25, 0.3) is 0 Å². The molecule has 57 heavy (non-hydrogen) atoms. The summed E-state index contributed by atoms with van der Waals surface area (Å²) in [6.45, 7) is 0. The fraction of sp³-hybridized carbons (Fsp3) is 0.0392. The Morgan fingerprint density at radius 2 is 1.19 bits per heavy atom. The van der Waals surface area contributed by atoms with E-state index in [1.165, 1.54) is 47.7 Å². The van der Waals surface area contributed by atoms with E-state index in [0.717, 1.165) is 55.6 Å². The van der Waals surface area contributed by atoms with Gasteiger partial charge in [-0.15, -0.1) is 11.3 Å². The van der Waals surface area contributed by atoms with E-state index in [-0.39, 0.29) is 12.3 Å². The molecule has 2 atom stereocenters. The number of nitrogens with one attached hydrogen (secondary N) is 2. The number of benzene rings is 8. The number of hydrogen-bond donors (Lipinski definition) is 2. The fourth-order valence-corrected chi connectivity index (χ4v) is 9.89. The first-order valence-electron chi connectivity index (χ1n) is 19.3. The number of rotatable bonds is 5. The van der Waals surface area contributed by atoms with Crippen molar-refractivity contribution in [3.63, 3.8) is 0 Å². The van der Waals surface area contributed by atoms with Crippen LogP contribution in [0.4, 0.5) is 0 Å². The van der Waals surface area contributed by atoms with E-state index < -0.39 is 0 Å². The lowest BCUT2D eigenvalue weighted by atomic mass is 10.00. The molecule has 270 valence electrons. The van der Waals surface area contributed by atoms with E-state index in [1.807, 2.05) is 23.5 Å². The molecule has 3 aromatic heterocycles. The van der Waals surface area contributed by atoms with Crippen LogP contribution in [0, 0.1) is 0 Å². The SMILES string of the molecule is c1ccc(C2N=C(c3ccc4oc5c(-c6ccc7sc8cc(-n9c%10ccccc%10c%10ccccc%109)ccc8c7c6)cccc5c4c3)NC(c3ccccc3)N2)cc1. The topological polar surface area (TPSA) is 54.5 Å². The molecule has 0 fully saturated rings. The van der Waals surface area contributed by atoms with Crippen LogP contribution in [-0.4, -0.2) is 10.4 Å². The highest BCUT2D eigenvalue weighted by Crippen LogP contribution is 2.42. The van der Waals surface area contributed by atoms with Crippen molar-refractivity contribution in [2.45, 2.75) is 12.3 Å². The predicted molar refractivity (Wildman–Crippen MR) is 238 cm³/mol. The maximum atomic E-state index is 6.70. The monoisotopic (exact) mass is 750 g/mol. The average molecular weight is 751 g/mol. The lowest BCUT2D eigenvalue weighted by molar-refractivity contribution is 0.409. The molecule has 2 unspecified atom stereocenters. The quantitative estimate of drug-likeness (QED) is 0.184. The molecule has 0 bridgehead atoms. The van der Waals surface area contributed by atoms with Crippen LogP contribution in [0.15, 0.2) is 191 Å². The molecule has 8 aromatic carbocycles. The Morgan fingerprint density at radius 3 is 1.98 bits per heavy atom. The van der Waals surface area contributed by atoms with Crippen molar-refractivity contribution < 1.29 is 4.42 Å². The number of nitrogens with zero attached hydrogens (tertiary/aromatic N) is 2. The van der Waals surface area contributed by atoms with Crippen molar-refractivity contribution in [2.75, 3.05) is 0 Å². The second-order valence-electron chi connectivity index (χ2n) is 14.8. The molecule has 0 saturated carbocycles. The molecule has 1 aliphatic heterocycles. The molecule has 5 nitrogen and oxygen atoms in total. The minimum Gasteiger partial charge on any atom is -0.455 e. The zero-order chi connectivity index (χ0) is 37.5. The van der Waals surface area contributed by atoms with Crippen LogP contribution in [-0.2, 0) is 0 Å². The van der Waals surface area contributed by atoms with Crippen molar-refractivity contribution in [2.24, 2.45) is 4.99 Å². The van der Waals surface area contributed by atoms with Crippen molar-refractivity contribution in [3.8, 4) is 16.8 Å². The molecule has 6 heteroatoms. The maximum absolute atomic E-state index is 6.70. The zero-order valence-corrected chi connectivity index (χ0v) is 31.5. The van der Waals surface area contributed by atoms with Gasteiger partial charge in [0.15, 0.2) is 0 Å². The van der Waals surface area contributed by atoms with Gasteiger partial charge in [0.05, 0.1) is 11.0 Å². The van der Waals surface area contributed by atoms with Gasteiger partial charge >= 0.3 is 0 Å². The summed E-state index contributed by atoms with van der Waals surface area (Å²) in [7, 11) is 0. The highest BCUT2D eigenvalue weighted by Gasteiger charge is 2.26. The number of fused-ring (bicyclic) bond motifs is 9. The van der Waals surface area contributed by atoms with Crippen LogP contribution in [0.1, 0.15) is 29.0 Å². The number of thiophene rings is 1. The van der Waals surface area contributed by atoms with Crippen molar-refractivity contribution in [1.29, 1.82) is 0 Å². The summed E-state index contributed by atoms with van der Waals surface area (Å²) in [6, 6.07) is 64.9. The first kappa shape index (κ1) is 32.3. The Bertz CT molecular complexity index is 3320. The van der Waals surface area contributed by atoms with E-state index in [9.17, 15) is 0 Å². The summed E-state index contributed by atoms with van der Waals surface area (Å²) in [5.74, 6) is 0.847. The largest absolute Gasteiger partial charge is 0.455 e. The van der Waals surface area contributed by atoms with E-state index in [4.69, 9.17) is 9.41 Å². The second kappa shape index (κ2) is 12.8. The Hall–Kier alpha value is -6.99. The van der Waals surface area contributed by atoms with Gasteiger partial charge in [-0.25, -0.2) is 4.99 Å². The zero-order valence-electron chi connectivity index (χ0n) is 30.7. The van der Waals surface area contributed by atoms with Crippen LogP contribution in [0.2, 0.25) is 0 Å². The summed E-state index contributed by atoms with van der Waals surface area (Å²) in [4.78, 5) is 5.19. The number of furan rings is 1. The number of aliphatic imine (C=N–C) groups is 1. The Balaban J connectivity index is 0.938. The molecule has 12 rings (SSSR count). The van der Waals surface area contributed by atoms with Gasteiger partial charge in [-0.2, -0.15) is 0 Å². The maximum Gasteiger partial charge on any atom is 0.143 e. The van der Waals surface area contributed by atoms with Crippen molar-refractivity contribution in [3.05, 3.63) is 199 Å². The first-order chi connectivity index (χ1) is 28.2. The second-order valence-corrected chi connectivity index (χ2v) is 15.9. The fourth-order valence-electron chi connectivity index (χ4n) is 8.78. The Labute approximate surface area is 332 Å². The standard InChI is InChI=1S/C51H34N4OS/c1-3-12-31(13-4-1)49-52-50(32-14-5-2-6-15-32)54-51(53-49)34-22-26-45-41(29-34)40-19-11-18-36(48(40)56-45)33-23-27-46-42(28-33)39-25-24-35(30-47(39)57-46)55-43-20-9-7-16-37(43)38-17-8-10-21-44(38)55/h1-30,49-50,52H,(H,53,54). The first-order valence-corrected chi connectivity index (χ1v) is 20.2. The van der Waals surface area contributed by atoms with Crippen LogP contribution in [0.25, 0.3) is 80.7 Å². The average Bonchev–Trinajstić information content (AvgIpc) is 3.95. The molecular weight excluding hydrogens is 717 g/mol. The van der Waals surface area contributed by atoms with Crippen LogP contribution < -0.4 is 10.6 Å². The van der Waals surface area contributed by atoms with Gasteiger partial charge in [-0.1, -0.05) is 127 Å². The molecular formula is C51H34N4OS. The third kappa shape index (κ3) is 5.22. The number of amidine groups is 1. The number of para-hydroxylation sites is 3. The van der Waals surface area contributed by atoms with Crippen molar-refractivity contribution >= 4 is 81.1 Å². The molecule has 0 spiro atoms. The normalized spacial score (nSPS) is 15.9. The third-order valence-corrected chi connectivity index (χ3v) is 12.6. The number of hydrogen-bond acceptors (Lipinski definition) is 5. The molecule has 0 saturated heterocycles. The molecule has 2 N–H and O–H groups in total. The lowest BCUT2D eigenvalue weighted by Gasteiger charge is -2.32. The molecule has 1 aliphatic rings. The highest BCUT2D eigenvalue weighted by atomic mass is 32.1. The van der Waals surface area contributed by atoms with E-state index >= 15 is 0 Å². The summed E-state index contributed by atoms with van der Waals surface area (Å²) in [5.41, 5.74) is 10.9. The molecule has 0 amide bonds. The minimum absolute atomic E-state index is 0.101.